The third kappa shape index (κ3) is 5.40. The predicted molar refractivity (Wildman–Crippen MR) is 239 cm³/mol. The summed E-state index contributed by atoms with van der Waals surface area (Å²) in [6.07, 6.45) is 0. The molecular formula is C55H38N2. The van der Waals surface area contributed by atoms with Crippen molar-refractivity contribution < 1.29 is 0 Å². The molecule has 0 radical (unpaired) electrons. The Morgan fingerprint density at radius 2 is 0.982 bits per heavy atom. The lowest BCUT2D eigenvalue weighted by atomic mass is 9.79. The van der Waals surface area contributed by atoms with Gasteiger partial charge in [0, 0.05) is 22.1 Å². The lowest BCUT2D eigenvalue weighted by Crippen LogP contribution is -2.16. The van der Waals surface area contributed by atoms with Gasteiger partial charge in [0.1, 0.15) is 0 Å². The maximum atomic E-state index is 5.41. The molecule has 0 bridgehead atoms. The molecule has 0 spiro atoms. The first kappa shape index (κ1) is 33.2. The topological polar surface area (TPSA) is 25.8 Å². The van der Waals surface area contributed by atoms with E-state index in [0.29, 0.717) is 5.82 Å². The Morgan fingerprint density at radius 1 is 0.351 bits per heavy atom. The number of hydrogen-bond acceptors (Lipinski definition) is 2. The highest BCUT2D eigenvalue weighted by Gasteiger charge is 2.37. The summed E-state index contributed by atoms with van der Waals surface area (Å²) >= 11 is 0. The van der Waals surface area contributed by atoms with Crippen LogP contribution in [0.3, 0.4) is 0 Å². The van der Waals surface area contributed by atoms with Crippen LogP contribution in [0.25, 0.3) is 99.6 Å². The second-order valence-electron chi connectivity index (χ2n) is 15.7. The van der Waals surface area contributed by atoms with E-state index >= 15 is 0 Å². The van der Waals surface area contributed by atoms with Gasteiger partial charge in [-0.3, -0.25) is 0 Å². The summed E-state index contributed by atoms with van der Waals surface area (Å²) < 4.78 is 0. The maximum Gasteiger partial charge on any atom is 0.160 e. The van der Waals surface area contributed by atoms with Gasteiger partial charge in [-0.15, -0.1) is 0 Å². The largest absolute Gasteiger partial charge is 0.228 e. The molecule has 2 nitrogen and oxygen atoms in total. The fourth-order valence-corrected chi connectivity index (χ4v) is 9.33. The molecule has 57 heavy (non-hydrogen) atoms. The van der Waals surface area contributed by atoms with Crippen LogP contribution < -0.4 is 0 Å². The zero-order valence-corrected chi connectivity index (χ0v) is 31.9. The molecule has 0 unspecified atom stereocenters. The molecule has 2 heteroatoms. The molecule has 1 heterocycles. The SMILES string of the molecule is CC1(C)c2ccccc2-c2cccc(-c3cc(-c4cccc(-c5ccccc5)c4)nc(-c4ccc(-c5c6ccccc6cc6c5ccc5ccccc56)cc4)n3)c21. The van der Waals surface area contributed by atoms with E-state index in [0.717, 1.165) is 33.6 Å². The van der Waals surface area contributed by atoms with Gasteiger partial charge in [0.05, 0.1) is 11.4 Å². The minimum atomic E-state index is -0.185. The molecule has 0 fully saturated rings. The number of nitrogens with zero attached hydrogens (tertiary/aromatic N) is 2. The summed E-state index contributed by atoms with van der Waals surface area (Å²) in [5.41, 5.74) is 14.8. The van der Waals surface area contributed by atoms with Crippen molar-refractivity contribution in [3.05, 3.63) is 205 Å². The van der Waals surface area contributed by atoms with Crippen molar-refractivity contribution in [3.8, 4) is 67.3 Å². The van der Waals surface area contributed by atoms with Gasteiger partial charge in [-0.05, 0) is 95.0 Å². The highest BCUT2D eigenvalue weighted by Crippen LogP contribution is 2.52. The highest BCUT2D eigenvalue weighted by molar-refractivity contribution is 6.20. The Hall–Kier alpha value is -7.16. The second-order valence-corrected chi connectivity index (χ2v) is 15.7. The molecule has 0 amide bonds. The van der Waals surface area contributed by atoms with Crippen LogP contribution in [-0.4, -0.2) is 9.97 Å². The summed E-state index contributed by atoms with van der Waals surface area (Å²) in [6, 6.07) is 70.1. The smallest absolute Gasteiger partial charge is 0.160 e. The van der Waals surface area contributed by atoms with Crippen LogP contribution >= 0.6 is 0 Å². The molecule has 0 saturated heterocycles. The first-order valence-corrected chi connectivity index (χ1v) is 19.7. The molecule has 9 aromatic carbocycles. The van der Waals surface area contributed by atoms with Crippen LogP contribution in [0.15, 0.2) is 194 Å². The summed E-state index contributed by atoms with van der Waals surface area (Å²) in [6.45, 7) is 4.68. The van der Waals surface area contributed by atoms with E-state index in [2.05, 4.69) is 208 Å². The molecular weight excluding hydrogens is 689 g/mol. The molecule has 1 aromatic heterocycles. The lowest BCUT2D eigenvalue weighted by molar-refractivity contribution is 0.662. The number of hydrogen-bond donors (Lipinski definition) is 0. The average molecular weight is 727 g/mol. The molecule has 0 atom stereocenters. The minimum absolute atomic E-state index is 0.185. The number of benzene rings is 9. The Bertz CT molecular complexity index is 3190. The third-order valence-corrected chi connectivity index (χ3v) is 12.0. The predicted octanol–water partition coefficient (Wildman–Crippen LogP) is 14.6. The molecule has 1 aliphatic carbocycles. The summed E-state index contributed by atoms with van der Waals surface area (Å²) in [5.74, 6) is 0.707. The first-order chi connectivity index (χ1) is 28.0. The normalized spacial score (nSPS) is 12.9. The van der Waals surface area contributed by atoms with E-state index in [1.807, 2.05) is 0 Å². The maximum absolute atomic E-state index is 5.41. The Labute approximate surface area is 332 Å². The number of aromatic nitrogens is 2. The molecule has 0 saturated carbocycles. The Balaban J connectivity index is 1.09. The Kier molecular flexibility index (Phi) is 7.55. The van der Waals surface area contributed by atoms with Gasteiger partial charge in [-0.25, -0.2) is 9.97 Å². The van der Waals surface area contributed by atoms with Crippen molar-refractivity contribution in [1.29, 1.82) is 0 Å². The van der Waals surface area contributed by atoms with Crippen LogP contribution in [0.4, 0.5) is 0 Å². The van der Waals surface area contributed by atoms with Crippen molar-refractivity contribution in [2.45, 2.75) is 19.3 Å². The van der Waals surface area contributed by atoms with E-state index in [1.54, 1.807) is 0 Å². The van der Waals surface area contributed by atoms with Crippen LogP contribution in [0.5, 0.6) is 0 Å². The van der Waals surface area contributed by atoms with Crippen LogP contribution in [0.1, 0.15) is 25.0 Å². The van der Waals surface area contributed by atoms with Crippen molar-refractivity contribution in [2.24, 2.45) is 0 Å². The number of rotatable bonds is 5. The van der Waals surface area contributed by atoms with E-state index in [4.69, 9.17) is 9.97 Å². The van der Waals surface area contributed by atoms with Crippen LogP contribution in [0.2, 0.25) is 0 Å². The van der Waals surface area contributed by atoms with E-state index < -0.39 is 0 Å². The fourth-order valence-electron chi connectivity index (χ4n) is 9.33. The molecule has 1 aliphatic rings. The average Bonchev–Trinajstić information content (AvgIpc) is 3.51. The van der Waals surface area contributed by atoms with Gasteiger partial charge >= 0.3 is 0 Å². The monoisotopic (exact) mass is 726 g/mol. The molecule has 11 rings (SSSR count). The van der Waals surface area contributed by atoms with Crippen molar-refractivity contribution in [3.63, 3.8) is 0 Å². The van der Waals surface area contributed by atoms with Gasteiger partial charge in [-0.2, -0.15) is 0 Å². The van der Waals surface area contributed by atoms with E-state index in [9.17, 15) is 0 Å². The van der Waals surface area contributed by atoms with Gasteiger partial charge in [0.2, 0.25) is 0 Å². The first-order valence-electron chi connectivity index (χ1n) is 19.7. The van der Waals surface area contributed by atoms with Crippen LogP contribution in [0, 0.1) is 0 Å². The summed E-state index contributed by atoms with van der Waals surface area (Å²) in [5, 5.41) is 7.52. The lowest BCUT2D eigenvalue weighted by Gasteiger charge is -2.24. The molecule has 0 aliphatic heterocycles. The van der Waals surface area contributed by atoms with E-state index in [-0.39, 0.29) is 5.41 Å². The number of fused-ring (bicyclic) bond motifs is 7. The molecule has 268 valence electrons. The van der Waals surface area contributed by atoms with Gasteiger partial charge in [0.15, 0.2) is 5.82 Å². The quantitative estimate of drug-likeness (QED) is 0.130. The fraction of sp³-hybridized carbons (Fsp3) is 0.0545. The summed E-state index contributed by atoms with van der Waals surface area (Å²) in [7, 11) is 0. The third-order valence-electron chi connectivity index (χ3n) is 12.0. The molecule has 10 aromatic rings. The van der Waals surface area contributed by atoms with Crippen molar-refractivity contribution >= 4 is 32.3 Å². The van der Waals surface area contributed by atoms with E-state index in [1.165, 1.54) is 71.3 Å². The Morgan fingerprint density at radius 3 is 1.84 bits per heavy atom. The zero-order valence-electron chi connectivity index (χ0n) is 31.9. The second kappa shape index (κ2) is 13.0. The van der Waals surface area contributed by atoms with Crippen LogP contribution in [-0.2, 0) is 5.41 Å². The van der Waals surface area contributed by atoms with Crippen molar-refractivity contribution in [1.82, 2.24) is 9.97 Å². The standard InChI is InChI=1S/C55H38N2/c1-55(2)49-25-11-10-22-44(49)46-23-13-24-47(53(46)55)51-34-50(41-19-12-18-39(32-41)35-14-4-3-5-15-35)56-54(57-51)38-28-26-37(27-29-38)52-43-21-9-7-17-40(43)33-48-42-20-8-6-16-36(42)30-31-45(48)52/h3-34H,1-2H3. The zero-order chi connectivity index (χ0) is 38.1. The summed E-state index contributed by atoms with van der Waals surface area (Å²) in [4.78, 5) is 10.7. The highest BCUT2D eigenvalue weighted by atomic mass is 14.9. The van der Waals surface area contributed by atoms with Crippen molar-refractivity contribution in [2.75, 3.05) is 0 Å². The molecule has 0 N–H and O–H groups in total. The van der Waals surface area contributed by atoms with Gasteiger partial charge < -0.3 is 0 Å². The minimum Gasteiger partial charge on any atom is -0.228 e. The van der Waals surface area contributed by atoms with Gasteiger partial charge in [-0.1, -0.05) is 190 Å². The van der Waals surface area contributed by atoms with Gasteiger partial charge in [0.25, 0.3) is 0 Å².